The minimum atomic E-state index is 0.657. The van der Waals surface area contributed by atoms with Crippen molar-refractivity contribution in [2.75, 3.05) is 19.6 Å². The van der Waals surface area contributed by atoms with E-state index in [1.807, 2.05) is 6.20 Å². The zero-order chi connectivity index (χ0) is 15.2. The van der Waals surface area contributed by atoms with E-state index in [9.17, 15) is 0 Å². The Balaban J connectivity index is 1.49. The van der Waals surface area contributed by atoms with E-state index in [1.165, 1.54) is 43.0 Å². The molecule has 1 aromatic carbocycles. The third-order valence-corrected chi connectivity index (χ3v) is 6.91. The lowest BCUT2D eigenvalue weighted by molar-refractivity contribution is -0.00870. The average molecular weight is 325 g/mol. The van der Waals surface area contributed by atoms with Crippen LogP contribution >= 0.6 is 11.3 Å². The molecule has 4 heteroatoms. The van der Waals surface area contributed by atoms with Crippen molar-refractivity contribution < 1.29 is 0 Å². The maximum absolute atomic E-state index is 4.54. The molecule has 0 unspecified atom stereocenters. The van der Waals surface area contributed by atoms with Gasteiger partial charge in [0, 0.05) is 36.1 Å². The van der Waals surface area contributed by atoms with Crippen LogP contribution in [0.25, 0.3) is 0 Å². The lowest BCUT2D eigenvalue weighted by Gasteiger charge is -2.51. The minimum absolute atomic E-state index is 0.657. The van der Waals surface area contributed by atoms with Gasteiger partial charge in [0.15, 0.2) is 0 Å². The highest BCUT2D eigenvalue weighted by Crippen LogP contribution is 2.46. The highest BCUT2D eigenvalue weighted by atomic mass is 32.1. The summed E-state index contributed by atoms with van der Waals surface area (Å²) in [4.78, 5) is 10.1. The van der Waals surface area contributed by atoms with Crippen LogP contribution in [0.3, 0.4) is 0 Å². The number of fused-ring (bicyclic) bond motifs is 2. The van der Waals surface area contributed by atoms with Crippen molar-refractivity contribution in [3.05, 3.63) is 52.5 Å². The third-order valence-electron chi connectivity index (χ3n) is 6.14. The van der Waals surface area contributed by atoms with E-state index >= 15 is 0 Å². The average Bonchev–Trinajstić information content (AvgIpc) is 3.26. The SMILES string of the molecule is c1ccc([C@@H]2CN(Cc3nccs3)[C@@H]3C4CCN(CC4)[C@@H]32)cc1. The lowest BCUT2D eigenvalue weighted by Crippen LogP contribution is -2.59. The van der Waals surface area contributed by atoms with E-state index in [2.05, 4.69) is 50.5 Å². The van der Waals surface area contributed by atoms with Crippen molar-refractivity contribution in [2.24, 2.45) is 5.92 Å². The topological polar surface area (TPSA) is 19.4 Å². The van der Waals surface area contributed by atoms with Gasteiger partial charge in [0.1, 0.15) is 5.01 Å². The molecule has 3 nitrogen and oxygen atoms in total. The molecule has 0 saturated carbocycles. The fraction of sp³-hybridized carbons (Fsp3) is 0.526. The summed E-state index contributed by atoms with van der Waals surface area (Å²) < 4.78 is 0. The van der Waals surface area contributed by atoms with Gasteiger partial charge in [0.25, 0.3) is 0 Å². The predicted octanol–water partition coefficient (Wildman–Crippen LogP) is 3.21. The van der Waals surface area contributed by atoms with E-state index in [0.29, 0.717) is 12.0 Å². The molecule has 5 heterocycles. The number of rotatable bonds is 3. The zero-order valence-electron chi connectivity index (χ0n) is 13.3. The van der Waals surface area contributed by atoms with E-state index in [4.69, 9.17) is 0 Å². The van der Waals surface area contributed by atoms with Crippen LogP contribution in [-0.2, 0) is 6.54 Å². The highest BCUT2D eigenvalue weighted by Gasteiger charge is 2.53. The van der Waals surface area contributed by atoms with Gasteiger partial charge in [-0.2, -0.15) is 0 Å². The summed E-state index contributed by atoms with van der Waals surface area (Å²) in [5.74, 6) is 1.54. The monoisotopic (exact) mass is 325 g/mol. The predicted molar refractivity (Wildman–Crippen MR) is 93.6 cm³/mol. The van der Waals surface area contributed by atoms with Crippen LogP contribution in [0, 0.1) is 5.92 Å². The van der Waals surface area contributed by atoms with Crippen molar-refractivity contribution in [3.8, 4) is 0 Å². The fourth-order valence-corrected chi connectivity index (χ4v) is 5.86. The highest BCUT2D eigenvalue weighted by molar-refractivity contribution is 7.09. The van der Waals surface area contributed by atoms with Crippen LogP contribution in [0.15, 0.2) is 41.9 Å². The summed E-state index contributed by atoms with van der Waals surface area (Å²) in [6.45, 7) is 4.83. The first-order chi connectivity index (χ1) is 11.4. The third kappa shape index (κ3) is 2.35. The number of nitrogens with zero attached hydrogens (tertiary/aromatic N) is 3. The Morgan fingerprint density at radius 3 is 2.65 bits per heavy atom. The Kier molecular flexibility index (Phi) is 3.50. The summed E-state index contributed by atoms with van der Waals surface area (Å²) >= 11 is 1.80. The smallest absolute Gasteiger partial charge is 0.107 e. The van der Waals surface area contributed by atoms with Gasteiger partial charge in [-0.15, -0.1) is 11.3 Å². The van der Waals surface area contributed by atoms with Crippen LogP contribution in [0.4, 0.5) is 0 Å². The number of aromatic nitrogens is 1. The van der Waals surface area contributed by atoms with Gasteiger partial charge in [-0.05, 0) is 37.4 Å². The van der Waals surface area contributed by atoms with Gasteiger partial charge in [-0.1, -0.05) is 30.3 Å². The largest absolute Gasteiger partial charge is 0.298 e. The van der Waals surface area contributed by atoms with Crippen LogP contribution in [0.1, 0.15) is 29.3 Å². The Hall–Kier alpha value is -1.23. The summed E-state index contributed by atoms with van der Waals surface area (Å²) in [5, 5.41) is 3.38. The van der Waals surface area contributed by atoms with Crippen molar-refractivity contribution in [3.63, 3.8) is 0 Å². The van der Waals surface area contributed by atoms with E-state index in [1.54, 1.807) is 11.3 Å². The quantitative estimate of drug-likeness (QED) is 0.864. The number of likely N-dealkylation sites (tertiary alicyclic amines) is 1. The molecular weight excluding hydrogens is 302 g/mol. The Morgan fingerprint density at radius 1 is 1.09 bits per heavy atom. The molecule has 4 aliphatic heterocycles. The molecule has 6 rings (SSSR count). The summed E-state index contributed by atoms with van der Waals surface area (Å²) in [6, 6.07) is 12.6. The van der Waals surface area contributed by atoms with Gasteiger partial charge >= 0.3 is 0 Å². The number of piperidine rings is 3. The number of benzene rings is 1. The standard InChI is InChI=1S/C19H23N3S/c1-2-4-14(5-3-1)16-12-22(13-17-20-8-11-23-17)18-15-6-9-21(10-7-15)19(16)18/h1-5,8,11,15-16,18-19H,6-7,9-10,12-13H2/t16-,18+,19+/m0/s1. The van der Waals surface area contributed by atoms with Crippen LogP contribution < -0.4 is 0 Å². The first-order valence-electron chi connectivity index (χ1n) is 8.81. The van der Waals surface area contributed by atoms with Gasteiger partial charge in [0.2, 0.25) is 0 Å². The van der Waals surface area contributed by atoms with Gasteiger partial charge in [0.05, 0.1) is 6.54 Å². The Morgan fingerprint density at radius 2 is 1.91 bits per heavy atom. The van der Waals surface area contributed by atoms with E-state index in [0.717, 1.165) is 18.5 Å². The minimum Gasteiger partial charge on any atom is -0.298 e. The van der Waals surface area contributed by atoms with Crippen molar-refractivity contribution in [2.45, 2.75) is 37.4 Å². The molecule has 1 aromatic heterocycles. The summed E-state index contributed by atoms with van der Waals surface area (Å²) in [6.07, 6.45) is 4.72. The molecule has 2 bridgehead atoms. The molecule has 0 N–H and O–H groups in total. The van der Waals surface area contributed by atoms with Crippen molar-refractivity contribution >= 4 is 11.3 Å². The molecule has 4 saturated heterocycles. The molecular formula is C19H23N3S. The summed E-state index contributed by atoms with van der Waals surface area (Å²) in [5.41, 5.74) is 1.52. The Bertz CT molecular complexity index is 649. The van der Waals surface area contributed by atoms with E-state index in [-0.39, 0.29) is 0 Å². The number of hydrogen-bond acceptors (Lipinski definition) is 4. The second-order valence-corrected chi connectivity index (χ2v) is 8.21. The van der Waals surface area contributed by atoms with Crippen molar-refractivity contribution in [1.29, 1.82) is 0 Å². The van der Waals surface area contributed by atoms with Gasteiger partial charge < -0.3 is 0 Å². The van der Waals surface area contributed by atoms with Gasteiger partial charge in [-0.3, -0.25) is 9.80 Å². The lowest BCUT2D eigenvalue weighted by atomic mass is 9.75. The van der Waals surface area contributed by atoms with Crippen LogP contribution in [-0.4, -0.2) is 46.5 Å². The molecule has 2 aromatic rings. The van der Waals surface area contributed by atoms with Crippen molar-refractivity contribution in [1.82, 2.24) is 14.8 Å². The number of hydrogen-bond donors (Lipinski definition) is 0. The molecule has 4 aliphatic rings. The fourth-order valence-electron chi connectivity index (χ4n) is 5.22. The van der Waals surface area contributed by atoms with Crippen LogP contribution in [0.2, 0.25) is 0 Å². The molecule has 0 amide bonds. The second-order valence-electron chi connectivity index (χ2n) is 7.23. The molecule has 0 aliphatic carbocycles. The summed E-state index contributed by atoms with van der Waals surface area (Å²) in [7, 11) is 0. The maximum Gasteiger partial charge on any atom is 0.107 e. The molecule has 0 spiro atoms. The molecule has 3 atom stereocenters. The molecule has 4 fully saturated rings. The van der Waals surface area contributed by atoms with E-state index < -0.39 is 0 Å². The second kappa shape index (κ2) is 5.69. The first kappa shape index (κ1) is 14.1. The Labute approximate surface area is 142 Å². The first-order valence-corrected chi connectivity index (χ1v) is 9.69. The zero-order valence-corrected chi connectivity index (χ0v) is 14.2. The normalized spacial score (nSPS) is 36.3. The van der Waals surface area contributed by atoms with Gasteiger partial charge in [-0.25, -0.2) is 4.98 Å². The number of thiazole rings is 1. The molecule has 23 heavy (non-hydrogen) atoms. The molecule has 120 valence electrons. The van der Waals surface area contributed by atoms with Crippen LogP contribution in [0.5, 0.6) is 0 Å². The molecule has 0 radical (unpaired) electrons. The maximum atomic E-state index is 4.54.